The minimum atomic E-state index is -0.992. The Labute approximate surface area is 125 Å². The first-order chi connectivity index (χ1) is 10.1. The van der Waals surface area contributed by atoms with E-state index in [2.05, 4.69) is 6.92 Å². The lowest BCUT2D eigenvalue weighted by molar-refractivity contribution is -0.139. The van der Waals surface area contributed by atoms with Crippen LogP contribution < -0.4 is 0 Å². The SMILES string of the molecule is CCCCN(CC)C(=O)O[C@@H](CC(=O)O)c1ccccc1. The first-order valence-corrected chi connectivity index (χ1v) is 7.30. The summed E-state index contributed by atoms with van der Waals surface area (Å²) in [5.41, 5.74) is 0.694. The second-order valence-corrected chi connectivity index (χ2v) is 4.81. The predicted molar refractivity (Wildman–Crippen MR) is 80.1 cm³/mol. The molecule has 0 aliphatic heterocycles. The number of hydrogen-bond donors (Lipinski definition) is 1. The number of carboxylic acid groups (broad SMARTS) is 1. The molecule has 0 saturated carbocycles. The summed E-state index contributed by atoms with van der Waals surface area (Å²) in [5, 5.41) is 8.99. The monoisotopic (exact) mass is 293 g/mol. The maximum absolute atomic E-state index is 12.2. The van der Waals surface area contributed by atoms with Crippen LogP contribution in [0.15, 0.2) is 30.3 Å². The Bertz CT molecular complexity index is 447. The van der Waals surface area contributed by atoms with Gasteiger partial charge in [-0.3, -0.25) is 4.79 Å². The molecule has 21 heavy (non-hydrogen) atoms. The van der Waals surface area contributed by atoms with Crippen LogP contribution in [-0.4, -0.2) is 35.2 Å². The Morgan fingerprint density at radius 1 is 1.24 bits per heavy atom. The Morgan fingerprint density at radius 2 is 1.90 bits per heavy atom. The lowest BCUT2D eigenvalue weighted by atomic mass is 10.1. The molecule has 0 heterocycles. The largest absolute Gasteiger partial charge is 0.481 e. The quantitative estimate of drug-likeness (QED) is 0.797. The van der Waals surface area contributed by atoms with E-state index in [0.29, 0.717) is 18.7 Å². The summed E-state index contributed by atoms with van der Waals surface area (Å²) >= 11 is 0. The van der Waals surface area contributed by atoms with Crippen molar-refractivity contribution >= 4 is 12.1 Å². The lowest BCUT2D eigenvalue weighted by Crippen LogP contribution is -2.33. The van der Waals surface area contributed by atoms with Gasteiger partial charge in [-0.15, -0.1) is 0 Å². The maximum Gasteiger partial charge on any atom is 0.410 e. The van der Waals surface area contributed by atoms with E-state index in [4.69, 9.17) is 9.84 Å². The minimum absolute atomic E-state index is 0.235. The Morgan fingerprint density at radius 3 is 2.43 bits per heavy atom. The standard InChI is InChI=1S/C16H23NO4/c1-3-5-11-17(4-2)16(20)21-14(12-15(18)19)13-9-7-6-8-10-13/h6-10,14H,3-5,11-12H2,1-2H3,(H,18,19)/t14-/m0/s1. The number of ether oxygens (including phenoxy) is 1. The van der Waals surface area contributed by atoms with Crippen LogP contribution in [0.4, 0.5) is 4.79 Å². The molecule has 0 unspecified atom stereocenters. The number of aliphatic carboxylic acids is 1. The summed E-state index contributed by atoms with van der Waals surface area (Å²) in [5.74, 6) is -0.992. The first kappa shape index (κ1) is 17.0. The van der Waals surface area contributed by atoms with Crippen LogP contribution in [-0.2, 0) is 9.53 Å². The van der Waals surface area contributed by atoms with Gasteiger partial charge in [0.25, 0.3) is 0 Å². The number of carboxylic acids is 1. The van der Waals surface area contributed by atoms with Crippen molar-refractivity contribution in [3.8, 4) is 0 Å². The van der Waals surface area contributed by atoms with Gasteiger partial charge in [-0.05, 0) is 18.9 Å². The van der Waals surface area contributed by atoms with Gasteiger partial charge in [0.05, 0.1) is 6.42 Å². The van der Waals surface area contributed by atoms with Crippen molar-refractivity contribution in [3.63, 3.8) is 0 Å². The number of carbonyl (C=O) groups is 2. The summed E-state index contributed by atoms with van der Waals surface area (Å²) in [6.07, 6.45) is 0.438. The molecule has 1 rings (SSSR count). The van der Waals surface area contributed by atoms with Gasteiger partial charge >= 0.3 is 12.1 Å². The van der Waals surface area contributed by atoms with Gasteiger partial charge in [0.2, 0.25) is 0 Å². The van der Waals surface area contributed by atoms with Crippen LogP contribution >= 0.6 is 0 Å². The topological polar surface area (TPSA) is 66.8 Å². The third-order valence-corrected chi connectivity index (χ3v) is 3.20. The van der Waals surface area contributed by atoms with Crippen molar-refractivity contribution in [2.45, 2.75) is 39.2 Å². The molecule has 0 spiro atoms. The molecule has 0 radical (unpaired) electrons. The van der Waals surface area contributed by atoms with Crippen molar-refractivity contribution in [3.05, 3.63) is 35.9 Å². The highest BCUT2D eigenvalue weighted by molar-refractivity contribution is 5.71. The van der Waals surface area contributed by atoms with Crippen LogP contribution in [0.2, 0.25) is 0 Å². The molecule has 1 N–H and O–H groups in total. The van der Waals surface area contributed by atoms with E-state index < -0.39 is 18.2 Å². The Hall–Kier alpha value is -2.04. The molecular weight excluding hydrogens is 270 g/mol. The van der Waals surface area contributed by atoms with Gasteiger partial charge in [0.1, 0.15) is 6.10 Å². The molecule has 1 aromatic carbocycles. The summed E-state index contributed by atoms with van der Waals surface area (Å²) in [7, 11) is 0. The zero-order chi connectivity index (χ0) is 15.7. The molecule has 1 aromatic rings. The molecular formula is C16H23NO4. The number of hydrogen-bond acceptors (Lipinski definition) is 3. The molecule has 0 bridgehead atoms. The van der Waals surface area contributed by atoms with E-state index >= 15 is 0 Å². The molecule has 1 amide bonds. The fourth-order valence-electron chi connectivity index (χ4n) is 1.98. The third-order valence-electron chi connectivity index (χ3n) is 3.20. The third kappa shape index (κ3) is 5.85. The molecule has 1 atom stereocenters. The molecule has 0 aliphatic rings. The van der Waals surface area contributed by atoms with E-state index in [1.807, 2.05) is 13.0 Å². The van der Waals surface area contributed by atoms with Gasteiger partial charge in [-0.25, -0.2) is 4.79 Å². The molecule has 0 aromatic heterocycles. The minimum Gasteiger partial charge on any atom is -0.481 e. The zero-order valence-corrected chi connectivity index (χ0v) is 12.6. The van der Waals surface area contributed by atoms with Gasteiger partial charge < -0.3 is 14.7 Å². The van der Waals surface area contributed by atoms with Crippen LogP contribution in [0.3, 0.4) is 0 Å². The molecule has 0 saturated heterocycles. The molecule has 5 nitrogen and oxygen atoms in total. The lowest BCUT2D eigenvalue weighted by Gasteiger charge is -2.24. The van der Waals surface area contributed by atoms with Gasteiger partial charge in [-0.2, -0.15) is 0 Å². The summed E-state index contributed by atoms with van der Waals surface area (Å²) in [6, 6.07) is 8.97. The van der Waals surface area contributed by atoms with Crippen molar-refractivity contribution in [1.29, 1.82) is 0 Å². The van der Waals surface area contributed by atoms with E-state index in [1.54, 1.807) is 29.2 Å². The van der Waals surface area contributed by atoms with Crippen LogP contribution in [0, 0.1) is 0 Å². The summed E-state index contributed by atoms with van der Waals surface area (Å²) in [6.45, 7) is 5.11. The van der Waals surface area contributed by atoms with Crippen molar-refractivity contribution in [2.24, 2.45) is 0 Å². The Balaban J connectivity index is 2.76. The van der Waals surface area contributed by atoms with Crippen LogP contribution in [0.25, 0.3) is 0 Å². The number of rotatable bonds is 8. The highest BCUT2D eigenvalue weighted by Crippen LogP contribution is 2.22. The summed E-state index contributed by atoms with van der Waals surface area (Å²) < 4.78 is 5.40. The van der Waals surface area contributed by atoms with Crippen molar-refractivity contribution in [2.75, 3.05) is 13.1 Å². The maximum atomic E-state index is 12.2. The fraction of sp³-hybridized carbons (Fsp3) is 0.500. The number of nitrogens with zero attached hydrogens (tertiary/aromatic N) is 1. The highest BCUT2D eigenvalue weighted by atomic mass is 16.6. The second kappa shape index (κ2) is 9.00. The average molecular weight is 293 g/mol. The highest BCUT2D eigenvalue weighted by Gasteiger charge is 2.22. The van der Waals surface area contributed by atoms with E-state index in [9.17, 15) is 9.59 Å². The number of benzene rings is 1. The molecule has 0 fully saturated rings. The first-order valence-electron chi connectivity index (χ1n) is 7.30. The smallest absolute Gasteiger partial charge is 0.410 e. The summed E-state index contributed by atoms with van der Waals surface area (Å²) in [4.78, 5) is 24.7. The van der Waals surface area contributed by atoms with Gasteiger partial charge in [0, 0.05) is 13.1 Å². The normalized spacial score (nSPS) is 11.7. The number of unbranched alkanes of at least 4 members (excludes halogenated alkanes) is 1. The number of amides is 1. The van der Waals surface area contributed by atoms with Crippen LogP contribution in [0.1, 0.15) is 44.8 Å². The molecule has 0 aliphatic carbocycles. The van der Waals surface area contributed by atoms with Gasteiger partial charge in [0.15, 0.2) is 0 Å². The fourth-order valence-corrected chi connectivity index (χ4v) is 1.98. The van der Waals surface area contributed by atoms with E-state index in [1.165, 1.54) is 0 Å². The van der Waals surface area contributed by atoms with Crippen molar-refractivity contribution < 1.29 is 19.4 Å². The van der Waals surface area contributed by atoms with Gasteiger partial charge in [-0.1, -0.05) is 43.7 Å². The molecule has 5 heteroatoms. The van der Waals surface area contributed by atoms with Crippen LogP contribution in [0.5, 0.6) is 0 Å². The zero-order valence-electron chi connectivity index (χ0n) is 12.6. The average Bonchev–Trinajstić information content (AvgIpc) is 2.48. The van der Waals surface area contributed by atoms with E-state index in [-0.39, 0.29) is 6.42 Å². The van der Waals surface area contributed by atoms with Crippen molar-refractivity contribution in [1.82, 2.24) is 4.90 Å². The molecule has 116 valence electrons. The second-order valence-electron chi connectivity index (χ2n) is 4.81. The van der Waals surface area contributed by atoms with E-state index in [0.717, 1.165) is 12.8 Å². The number of carbonyl (C=O) groups excluding carboxylic acids is 1. The Kier molecular flexibility index (Phi) is 7.29. The predicted octanol–water partition coefficient (Wildman–Crippen LogP) is 3.46.